The molecule has 0 aromatic carbocycles. The number of nitrogens with zero attached hydrogens (tertiary/aromatic N) is 1. The zero-order valence-corrected chi connectivity index (χ0v) is 11.1. The Kier molecular flexibility index (Phi) is 3.88. The number of hydrogen-bond donors (Lipinski definition) is 2. The molecule has 0 aromatic heterocycles. The average Bonchev–Trinajstić information content (AvgIpc) is 2.45. The first-order chi connectivity index (χ1) is 7.13. The Morgan fingerprint density at radius 1 is 1.50 bits per heavy atom. The third-order valence-corrected chi connectivity index (χ3v) is 4.92. The molecule has 1 heterocycles. The van der Waals surface area contributed by atoms with Crippen molar-refractivity contribution in [2.45, 2.75) is 32.4 Å². The fraction of sp³-hybridized carbons (Fsp3) is 0.875. The van der Waals surface area contributed by atoms with Crippen LogP contribution in [0.2, 0.25) is 0 Å². The summed E-state index contributed by atoms with van der Waals surface area (Å²) in [5.41, 5.74) is -0.616. The zero-order chi connectivity index (χ0) is 12.6. The van der Waals surface area contributed by atoms with Crippen molar-refractivity contribution in [2.24, 2.45) is 0 Å². The van der Waals surface area contributed by atoms with E-state index in [-0.39, 0.29) is 5.88 Å². The van der Waals surface area contributed by atoms with Crippen molar-refractivity contribution in [1.29, 1.82) is 0 Å². The first-order valence-corrected chi connectivity index (χ1v) is 7.34. The molecule has 0 aromatic rings. The van der Waals surface area contributed by atoms with E-state index in [1.54, 1.807) is 20.8 Å². The topological polar surface area (TPSA) is 86.7 Å². The van der Waals surface area contributed by atoms with Gasteiger partial charge < -0.3 is 5.11 Å². The summed E-state index contributed by atoms with van der Waals surface area (Å²) < 4.78 is 27.2. The van der Waals surface area contributed by atoms with Crippen LogP contribution in [-0.4, -0.2) is 47.0 Å². The highest BCUT2D eigenvalue weighted by Gasteiger charge is 2.40. The van der Waals surface area contributed by atoms with E-state index in [0.29, 0.717) is 5.75 Å². The van der Waals surface area contributed by atoms with Gasteiger partial charge in [0.1, 0.15) is 6.04 Å². The van der Waals surface area contributed by atoms with Crippen molar-refractivity contribution in [3.05, 3.63) is 0 Å². The van der Waals surface area contributed by atoms with E-state index < -0.39 is 27.8 Å². The number of nitrogens with one attached hydrogen (secondary N) is 1. The second-order valence-corrected chi connectivity index (χ2v) is 7.22. The molecule has 2 N–H and O–H groups in total. The molecule has 1 saturated heterocycles. The molecular weight excluding hydrogens is 252 g/mol. The van der Waals surface area contributed by atoms with Gasteiger partial charge in [-0.3, -0.25) is 4.79 Å². The molecule has 0 aliphatic carbocycles. The molecule has 1 rings (SSSR count). The number of carboxylic acids is 1. The second kappa shape index (κ2) is 4.52. The van der Waals surface area contributed by atoms with Gasteiger partial charge in [0, 0.05) is 11.3 Å². The summed E-state index contributed by atoms with van der Waals surface area (Å²) in [5, 5.41) is 8.90. The van der Waals surface area contributed by atoms with E-state index in [1.807, 2.05) is 0 Å². The van der Waals surface area contributed by atoms with Crippen molar-refractivity contribution in [3.63, 3.8) is 0 Å². The van der Waals surface area contributed by atoms with Gasteiger partial charge in [-0.05, 0) is 20.8 Å². The Morgan fingerprint density at radius 2 is 2.06 bits per heavy atom. The van der Waals surface area contributed by atoms with Gasteiger partial charge in [-0.2, -0.15) is 17.4 Å². The molecule has 94 valence electrons. The van der Waals surface area contributed by atoms with Gasteiger partial charge in [0.05, 0.1) is 5.88 Å². The van der Waals surface area contributed by atoms with Crippen LogP contribution in [0.15, 0.2) is 0 Å². The summed E-state index contributed by atoms with van der Waals surface area (Å²) in [5.74, 6) is -0.632. The van der Waals surface area contributed by atoms with Gasteiger partial charge in [-0.15, -0.1) is 11.8 Å². The third kappa shape index (κ3) is 3.34. The Hall–Kier alpha value is -0.310. The Morgan fingerprint density at radius 3 is 2.50 bits per heavy atom. The zero-order valence-electron chi connectivity index (χ0n) is 9.43. The Labute approximate surface area is 99.6 Å². The lowest BCUT2D eigenvalue weighted by Gasteiger charge is -2.26. The van der Waals surface area contributed by atoms with E-state index in [4.69, 9.17) is 5.11 Å². The summed E-state index contributed by atoms with van der Waals surface area (Å²) in [6, 6.07) is -0.968. The van der Waals surface area contributed by atoms with Crippen molar-refractivity contribution in [3.8, 4) is 0 Å². The van der Waals surface area contributed by atoms with Crippen LogP contribution in [0.4, 0.5) is 0 Å². The maximum absolute atomic E-state index is 11.9. The largest absolute Gasteiger partial charge is 0.480 e. The van der Waals surface area contributed by atoms with Gasteiger partial charge >= 0.3 is 5.97 Å². The van der Waals surface area contributed by atoms with Crippen LogP contribution in [0, 0.1) is 0 Å². The molecule has 1 fully saturated rings. The molecule has 0 spiro atoms. The van der Waals surface area contributed by atoms with E-state index in [2.05, 4.69) is 4.72 Å². The fourth-order valence-corrected chi connectivity index (χ4v) is 4.58. The normalized spacial score (nSPS) is 23.6. The summed E-state index contributed by atoms with van der Waals surface area (Å²) in [7, 11) is -3.73. The fourth-order valence-electron chi connectivity index (χ4n) is 1.30. The van der Waals surface area contributed by atoms with Crippen molar-refractivity contribution >= 4 is 27.9 Å². The number of carboxylic acid groups (broad SMARTS) is 1. The van der Waals surface area contributed by atoms with E-state index >= 15 is 0 Å². The van der Waals surface area contributed by atoms with Gasteiger partial charge in [-0.25, -0.2) is 0 Å². The minimum atomic E-state index is -3.73. The summed E-state index contributed by atoms with van der Waals surface area (Å²) in [4.78, 5) is 10.9. The average molecular weight is 268 g/mol. The highest BCUT2D eigenvalue weighted by atomic mass is 32.2. The van der Waals surface area contributed by atoms with Crippen LogP contribution in [-0.2, 0) is 15.0 Å². The highest BCUT2D eigenvalue weighted by molar-refractivity contribution is 8.00. The molecule has 1 aliphatic rings. The summed E-state index contributed by atoms with van der Waals surface area (Å²) in [6.07, 6.45) is 0. The third-order valence-electron chi connectivity index (χ3n) is 1.87. The van der Waals surface area contributed by atoms with Crippen LogP contribution in [0.25, 0.3) is 0 Å². The van der Waals surface area contributed by atoms with Crippen LogP contribution >= 0.6 is 11.8 Å². The lowest BCUT2D eigenvalue weighted by molar-refractivity contribution is -0.140. The van der Waals surface area contributed by atoms with Crippen LogP contribution in [0.3, 0.4) is 0 Å². The quantitative estimate of drug-likeness (QED) is 0.757. The predicted octanol–water partition coefficient (Wildman–Crippen LogP) is 0.0788. The molecule has 0 radical (unpaired) electrons. The van der Waals surface area contributed by atoms with Gasteiger partial charge in [0.2, 0.25) is 0 Å². The molecule has 0 amide bonds. The van der Waals surface area contributed by atoms with Gasteiger partial charge in [0.25, 0.3) is 10.2 Å². The molecule has 16 heavy (non-hydrogen) atoms. The standard InChI is InChI=1S/C8H16N2O4S2/c1-8(2,3)9-16(13,14)10-5-15-4-6(10)7(11)12/h6,9H,4-5H2,1-3H3,(H,11,12)/t6-/m0/s1. The SMILES string of the molecule is CC(C)(C)NS(=O)(=O)N1CSC[C@H]1C(=O)O. The maximum Gasteiger partial charge on any atom is 0.322 e. The molecule has 0 unspecified atom stereocenters. The van der Waals surface area contributed by atoms with Crippen LogP contribution in [0.1, 0.15) is 20.8 Å². The molecular formula is C8H16N2O4S2. The number of carbonyl (C=O) groups is 1. The van der Waals surface area contributed by atoms with E-state index in [1.165, 1.54) is 11.8 Å². The lowest BCUT2D eigenvalue weighted by Crippen LogP contribution is -2.52. The minimum absolute atomic E-state index is 0.183. The summed E-state index contributed by atoms with van der Waals surface area (Å²) in [6.45, 7) is 5.14. The molecule has 1 aliphatic heterocycles. The van der Waals surface area contributed by atoms with Crippen molar-refractivity contribution in [2.75, 3.05) is 11.6 Å². The van der Waals surface area contributed by atoms with Crippen LogP contribution in [0.5, 0.6) is 0 Å². The second-order valence-electron chi connectivity index (χ2n) is 4.60. The number of rotatable bonds is 3. The monoisotopic (exact) mass is 268 g/mol. The van der Waals surface area contributed by atoms with Crippen molar-refractivity contribution in [1.82, 2.24) is 9.03 Å². The highest BCUT2D eigenvalue weighted by Crippen LogP contribution is 2.24. The van der Waals surface area contributed by atoms with Crippen LogP contribution < -0.4 is 4.72 Å². The first-order valence-electron chi connectivity index (χ1n) is 4.75. The Balaban J connectivity index is 2.87. The van der Waals surface area contributed by atoms with E-state index in [0.717, 1.165) is 4.31 Å². The molecule has 0 bridgehead atoms. The lowest BCUT2D eigenvalue weighted by atomic mass is 10.1. The van der Waals surface area contributed by atoms with E-state index in [9.17, 15) is 13.2 Å². The molecule has 1 atom stereocenters. The Bertz CT molecular complexity index is 374. The number of hydrogen-bond acceptors (Lipinski definition) is 4. The van der Waals surface area contributed by atoms with Gasteiger partial charge in [0.15, 0.2) is 0 Å². The molecule has 8 heteroatoms. The molecule has 0 saturated carbocycles. The minimum Gasteiger partial charge on any atom is -0.480 e. The number of aliphatic carboxylic acids is 1. The summed E-state index contributed by atoms with van der Waals surface area (Å²) >= 11 is 1.30. The molecule has 6 nitrogen and oxygen atoms in total. The van der Waals surface area contributed by atoms with Gasteiger partial charge in [-0.1, -0.05) is 0 Å². The maximum atomic E-state index is 11.9. The predicted molar refractivity (Wildman–Crippen MR) is 62.4 cm³/mol. The van der Waals surface area contributed by atoms with Crippen molar-refractivity contribution < 1.29 is 18.3 Å². The smallest absolute Gasteiger partial charge is 0.322 e. The first kappa shape index (κ1) is 13.8. The number of thioether (sulfide) groups is 1.